The number of nitrogens with two attached hydrogens (primary N) is 1. The monoisotopic (exact) mass is 344 g/mol. The van der Waals surface area contributed by atoms with Gasteiger partial charge in [-0.2, -0.15) is 5.10 Å². The van der Waals surface area contributed by atoms with Gasteiger partial charge in [0, 0.05) is 0 Å². The van der Waals surface area contributed by atoms with E-state index in [1.807, 2.05) is 6.07 Å². The van der Waals surface area contributed by atoms with E-state index in [0.29, 0.717) is 5.82 Å². The summed E-state index contributed by atoms with van der Waals surface area (Å²) in [5.41, 5.74) is 12.0. The summed E-state index contributed by atoms with van der Waals surface area (Å²) in [6.07, 6.45) is 2.01. The van der Waals surface area contributed by atoms with Gasteiger partial charge in [-0.05, 0) is 18.4 Å². The van der Waals surface area contributed by atoms with Crippen molar-refractivity contribution in [3.8, 4) is 11.5 Å². The second-order valence-electron chi connectivity index (χ2n) is 7.46. The number of hydrogen-bond donors (Lipinski definition) is 2. The van der Waals surface area contributed by atoms with Crippen LogP contribution in [0.5, 0.6) is 0 Å². The Morgan fingerprint density at radius 1 is 1.46 bits per heavy atom. The Kier molecular flexibility index (Phi) is 4.38. The number of fused-ring (bicyclic) bond motifs is 1. The van der Waals surface area contributed by atoms with Crippen LogP contribution in [0.1, 0.15) is 30.7 Å². The van der Waals surface area contributed by atoms with Crippen LogP contribution in [0, 0.1) is 17.4 Å². The maximum absolute atomic E-state index is 9.39. The predicted molar refractivity (Wildman–Crippen MR) is 96.1 cm³/mol. The lowest BCUT2D eigenvalue weighted by molar-refractivity contribution is 0.00256. The van der Waals surface area contributed by atoms with Crippen LogP contribution in [0.2, 0.25) is 19.6 Å². The van der Waals surface area contributed by atoms with E-state index in [9.17, 15) is 5.11 Å². The number of aromatic nitrogens is 3. The Morgan fingerprint density at radius 2 is 2.21 bits per heavy atom. The molecule has 7 heteroatoms. The molecule has 0 bridgehead atoms. The lowest BCUT2D eigenvalue weighted by Crippen LogP contribution is -2.16. The van der Waals surface area contributed by atoms with E-state index in [1.165, 1.54) is 6.33 Å². The molecule has 0 radical (unpaired) electrons. The Bertz CT molecular complexity index is 816. The van der Waals surface area contributed by atoms with E-state index in [0.717, 1.165) is 23.2 Å². The molecule has 1 fully saturated rings. The zero-order valence-corrected chi connectivity index (χ0v) is 15.6. The number of aliphatic hydroxyl groups is 1. The lowest BCUT2D eigenvalue weighted by atomic mass is 9.99. The van der Waals surface area contributed by atoms with Crippen LogP contribution in [0.3, 0.4) is 0 Å². The summed E-state index contributed by atoms with van der Waals surface area (Å²) in [6.45, 7) is 8.76. The molecule has 128 valence electrons. The summed E-state index contributed by atoms with van der Waals surface area (Å²) in [7, 11) is -1.51. The van der Waals surface area contributed by atoms with Gasteiger partial charge in [0.05, 0.1) is 24.0 Å². The van der Waals surface area contributed by atoms with E-state index < -0.39 is 8.07 Å². The molecule has 0 aromatic carbocycles. The number of rotatable bonds is 2. The second kappa shape index (κ2) is 6.20. The molecular formula is C17H24N4O2Si. The summed E-state index contributed by atoms with van der Waals surface area (Å²) in [6, 6.07) is 2.01. The lowest BCUT2D eigenvalue weighted by Gasteiger charge is -2.14. The van der Waals surface area contributed by atoms with Crippen LogP contribution in [0.4, 0.5) is 5.82 Å². The summed E-state index contributed by atoms with van der Waals surface area (Å²) in [4.78, 5) is 4.11. The molecule has 3 heterocycles. The minimum Gasteiger partial charge on any atom is -0.394 e. The second-order valence-corrected chi connectivity index (χ2v) is 12.2. The molecule has 6 nitrogen and oxygen atoms in total. The number of nitrogens with zero attached hydrogens (tertiary/aromatic N) is 3. The van der Waals surface area contributed by atoms with Gasteiger partial charge in [-0.15, -0.1) is 5.54 Å². The fourth-order valence-corrected chi connectivity index (χ4v) is 3.57. The first-order valence-corrected chi connectivity index (χ1v) is 11.7. The first-order chi connectivity index (χ1) is 11.3. The average molecular weight is 344 g/mol. The van der Waals surface area contributed by atoms with Crippen molar-refractivity contribution in [1.82, 2.24) is 14.6 Å². The van der Waals surface area contributed by atoms with Gasteiger partial charge >= 0.3 is 0 Å². The number of hydrogen-bond acceptors (Lipinski definition) is 5. The molecule has 0 spiro atoms. The molecule has 0 amide bonds. The van der Waals surface area contributed by atoms with Gasteiger partial charge < -0.3 is 15.6 Å². The van der Waals surface area contributed by atoms with Gasteiger partial charge in [-0.1, -0.05) is 32.5 Å². The van der Waals surface area contributed by atoms with Crippen molar-refractivity contribution in [3.05, 3.63) is 23.7 Å². The molecule has 3 rings (SSSR count). The number of ether oxygens (including phenoxy) is 1. The van der Waals surface area contributed by atoms with Crippen LogP contribution in [0.15, 0.2) is 12.4 Å². The molecule has 24 heavy (non-hydrogen) atoms. The molecular weight excluding hydrogens is 320 g/mol. The van der Waals surface area contributed by atoms with Gasteiger partial charge in [-0.25, -0.2) is 9.50 Å². The molecule has 3 N–H and O–H groups in total. The van der Waals surface area contributed by atoms with E-state index in [-0.39, 0.29) is 24.7 Å². The zero-order valence-electron chi connectivity index (χ0n) is 14.6. The highest BCUT2D eigenvalue weighted by atomic mass is 28.3. The number of nitrogen functional groups attached to an aromatic ring is 1. The predicted octanol–water partition coefficient (Wildman–Crippen LogP) is 2.00. The highest BCUT2D eigenvalue weighted by Gasteiger charge is 2.35. The summed E-state index contributed by atoms with van der Waals surface area (Å²) in [5.74, 6) is 3.98. The maximum Gasteiger partial charge on any atom is 0.152 e. The van der Waals surface area contributed by atoms with E-state index >= 15 is 0 Å². The van der Waals surface area contributed by atoms with Crippen molar-refractivity contribution >= 4 is 19.4 Å². The quantitative estimate of drug-likeness (QED) is 0.643. The van der Waals surface area contributed by atoms with Crippen molar-refractivity contribution < 1.29 is 9.84 Å². The van der Waals surface area contributed by atoms with Crippen molar-refractivity contribution in [1.29, 1.82) is 0 Å². The highest BCUT2D eigenvalue weighted by molar-refractivity contribution is 6.83. The van der Waals surface area contributed by atoms with Crippen molar-refractivity contribution in [2.45, 2.75) is 45.2 Å². The Hall–Kier alpha value is -1.88. The SMILES string of the molecule is CC1CC(CO)OC1c1cc(C#C[Si](C)(C)C)c2c(N)ncnn12. The van der Waals surface area contributed by atoms with E-state index in [2.05, 4.69) is 48.1 Å². The standard InChI is InChI=1S/C17H24N4O2Si/c1-11-7-13(9-22)23-16(11)14-8-12(5-6-24(2,3)4)15-17(18)19-10-20-21(14)15/h8,10-11,13,16,22H,7,9H2,1-4H3,(H2,18,19,20). The number of aliphatic hydroxyl groups excluding tert-OH is 1. The minimum absolute atomic E-state index is 0.0313. The molecule has 1 aliphatic rings. The van der Waals surface area contributed by atoms with Crippen molar-refractivity contribution in [2.24, 2.45) is 5.92 Å². The summed E-state index contributed by atoms with van der Waals surface area (Å²) in [5, 5.41) is 13.8. The van der Waals surface area contributed by atoms with Crippen LogP contribution < -0.4 is 5.73 Å². The third-order valence-electron chi connectivity index (χ3n) is 4.17. The first kappa shape index (κ1) is 17.0. The van der Waals surface area contributed by atoms with Gasteiger partial charge in [0.25, 0.3) is 0 Å². The van der Waals surface area contributed by atoms with Crippen LogP contribution >= 0.6 is 0 Å². The Balaban J connectivity index is 2.13. The maximum atomic E-state index is 9.39. The van der Waals surface area contributed by atoms with Crippen LogP contribution in [-0.4, -0.2) is 40.5 Å². The average Bonchev–Trinajstić information content (AvgIpc) is 3.05. The first-order valence-electron chi connectivity index (χ1n) is 8.21. The van der Waals surface area contributed by atoms with Crippen molar-refractivity contribution in [3.63, 3.8) is 0 Å². The fourth-order valence-electron chi connectivity index (χ4n) is 3.06. The van der Waals surface area contributed by atoms with Gasteiger partial charge in [0.15, 0.2) is 5.82 Å². The molecule has 3 atom stereocenters. The fraction of sp³-hybridized carbons (Fsp3) is 0.529. The smallest absolute Gasteiger partial charge is 0.152 e. The normalized spacial score (nSPS) is 24.1. The van der Waals surface area contributed by atoms with Gasteiger partial charge in [-0.3, -0.25) is 0 Å². The van der Waals surface area contributed by atoms with E-state index in [1.54, 1.807) is 4.52 Å². The minimum atomic E-state index is -1.51. The van der Waals surface area contributed by atoms with Gasteiger partial charge in [0.2, 0.25) is 0 Å². The molecule has 2 aromatic rings. The molecule has 0 saturated carbocycles. The molecule has 0 aliphatic carbocycles. The Morgan fingerprint density at radius 3 is 2.83 bits per heavy atom. The summed E-state index contributed by atoms with van der Waals surface area (Å²) < 4.78 is 7.79. The number of anilines is 1. The highest BCUT2D eigenvalue weighted by Crippen LogP contribution is 2.39. The summed E-state index contributed by atoms with van der Waals surface area (Å²) >= 11 is 0. The topological polar surface area (TPSA) is 85.7 Å². The molecule has 2 aromatic heterocycles. The zero-order chi connectivity index (χ0) is 17.5. The Labute approximate surface area is 143 Å². The van der Waals surface area contributed by atoms with Gasteiger partial charge in [0.1, 0.15) is 26.0 Å². The molecule has 3 unspecified atom stereocenters. The van der Waals surface area contributed by atoms with Crippen molar-refractivity contribution in [2.75, 3.05) is 12.3 Å². The van der Waals surface area contributed by atoms with E-state index in [4.69, 9.17) is 10.5 Å². The molecule has 1 aliphatic heterocycles. The molecule has 1 saturated heterocycles. The van der Waals surface area contributed by atoms with Crippen LogP contribution in [0.25, 0.3) is 5.52 Å². The third-order valence-corrected chi connectivity index (χ3v) is 5.04. The van der Waals surface area contributed by atoms with Crippen LogP contribution in [-0.2, 0) is 4.74 Å². The largest absolute Gasteiger partial charge is 0.394 e. The third kappa shape index (κ3) is 3.18.